The lowest BCUT2D eigenvalue weighted by Gasteiger charge is -2.23. The van der Waals surface area contributed by atoms with Gasteiger partial charge in [-0.05, 0) is 48.3 Å². The van der Waals surface area contributed by atoms with Crippen molar-refractivity contribution in [2.75, 3.05) is 19.6 Å². The Morgan fingerprint density at radius 3 is 2.40 bits per heavy atom. The van der Waals surface area contributed by atoms with Crippen LogP contribution in [0.2, 0.25) is 0 Å². The summed E-state index contributed by atoms with van der Waals surface area (Å²) in [6.07, 6.45) is 7.58. The minimum atomic E-state index is 0.303. The van der Waals surface area contributed by atoms with E-state index in [9.17, 15) is 5.11 Å². The normalized spacial score (nSPS) is 27.2. The van der Waals surface area contributed by atoms with Crippen molar-refractivity contribution in [3.63, 3.8) is 0 Å². The number of phenolic OH excluding ortho intramolecular Hbond substituents is 1. The van der Waals surface area contributed by atoms with Crippen molar-refractivity contribution < 1.29 is 9.84 Å². The molecule has 1 saturated carbocycles. The van der Waals surface area contributed by atoms with Gasteiger partial charge >= 0.3 is 0 Å². The Bertz CT molecular complexity index is 678. The molecule has 4 atom stereocenters. The molecule has 5 heteroatoms. The van der Waals surface area contributed by atoms with Crippen molar-refractivity contribution in [1.29, 1.82) is 0 Å². The summed E-state index contributed by atoms with van der Waals surface area (Å²) in [4.78, 5) is 10.6. The van der Waals surface area contributed by atoms with Crippen LogP contribution in [0.1, 0.15) is 31.2 Å². The van der Waals surface area contributed by atoms with E-state index in [0.29, 0.717) is 17.8 Å². The van der Waals surface area contributed by atoms with Crippen LogP contribution in [0, 0.1) is 11.8 Å². The number of hydrogen-bond donors (Lipinski definition) is 1. The molecule has 132 valence electrons. The molecule has 5 nitrogen and oxygen atoms in total. The van der Waals surface area contributed by atoms with Gasteiger partial charge in [0, 0.05) is 19.6 Å². The lowest BCUT2D eigenvalue weighted by molar-refractivity contribution is 0.183. The maximum Gasteiger partial charge on any atom is 0.156 e. The number of aromatic nitrogens is 2. The van der Waals surface area contributed by atoms with Crippen LogP contribution in [0.3, 0.4) is 0 Å². The Balaban J connectivity index is 1.28. The topological polar surface area (TPSA) is 58.5 Å². The van der Waals surface area contributed by atoms with Gasteiger partial charge in [0.25, 0.3) is 0 Å². The zero-order chi connectivity index (χ0) is 17.2. The van der Waals surface area contributed by atoms with Gasteiger partial charge in [-0.25, -0.2) is 9.97 Å². The summed E-state index contributed by atoms with van der Waals surface area (Å²) in [6.45, 7) is 5.67. The average molecular weight is 339 g/mol. The molecule has 1 saturated heterocycles. The van der Waals surface area contributed by atoms with Gasteiger partial charge in [-0.2, -0.15) is 0 Å². The lowest BCUT2D eigenvalue weighted by atomic mass is 10.0. The Hall–Kier alpha value is -2.14. The summed E-state index contributed by atoms with van der Waals surface area (Å²) in [6, 6.07) is 7.62. The van der Waals surface area contributed by atoms with Gasteiger partial charge < -0.3 is 14.7 Å². The van der Waals surface area contributed by atoms with Crippen molar-refractivity contribution >= 4 is 0 Å². The molecule has 1 unspecified atom stereocenters. The van der Waals surface area contributed by atoms with Crippen LogP contribution in [0.25, 0.3) is 0 Å². The van der Waals surface area contributed by atoms with E-state index in [1.54, 1.807) is 24.5 Å². The highest BCUT2D eigenvalue weighted by Crippen LogP contribution is 2.40. The second-order valence-electron chi connectivity index (χ2n) is 7.52. The molecule has 2 fully saturated rings. The smallest absolute Gasteiger partial charge is 0.156 e. The Labute approximate surface area is 148 Å². The van der Waals surface area contributed by atoms with E-state index in [1.807, 2.05) is 12.1 Å². The molecule has 1 aliphatic carbocycles. The van der Waals surface area contributed by atoms with Crippen molar-refractivity contribution in [2.45, 2.75) is 31.8 Å². The first-order valence-corrected chi connectivity index (χ1v) is 9.10. The summed E-state index contributed by atoms with van der Waals surface area (Å²) in [5.41, 5.74) is 1.29. The molecule has 0 amide bonds. The number of fused-ring (bicyclic) bond motifs is 1. The standard InChI is InChI=1S/C20H25N3O2/c1-14(15-2-4-18(24)5-3-15)10-23-11-16-6-19(7-17(16)12-23)25-20-8-21-13-22-9-20/h2-5,8-9,13-14,16-17,19,24H,6-7,10-12H2,1H3/t14?,16-,17+,19+. The van der Waals surface area contributed by atoms with Crippen LogP contribution >= 0.6 is 0 Å². The number of ether oxygens (including phenoxy) is 1. The SMILES string of the molecule is CC(CN1C[C@H]2C[C@H](Oc3cncnc3)C[C@H]2C1)c1ccc(O)cc1. The van der Waals surface area contributed by atoms with Crippen LogP contribution < -0.4 is 4.74 Å². The van der Waals surface area contributed by atoms with Gasteiger partial charge in [0.2, 0.25) is 0 Å². The van der Waals surface area contributed by atoms with E-state index >= 15 is 0 Å². The second-order valence-corrected chi connectivity index (χ2v) is 7.52. The highest BCUT2D eigenvalue weighted by molar-refractivity contribution is 5.28. The van der Waals surface area contributed by atoms with E-state index in [0.717, 1.165) is 50.1 Å². The number of aromatic hydroxyl groups is 1. The predicted molar refractivity (Wildman–Crippen MR) is 95.6 cm³/mol. The number of benzene rings is 1. The van der Waals surface area contributed by atoms with E-state index in [4.69, 9.17) is 4.74 Å². The molecule has 2 aromatic rings. The van der Waals surface area contributed by atoms with Crippen molar-refractivity contribution in [3.8, 4) is 11.5 Å². The fraction of sp³-hybridized carbons (Fsp3) is 0.500. The molecular weight excluding hydrogens is 314 g/mol. The first kappa shape index (κ1) is 16.3. The predicted octanol–water partition coefficient (Wildman–Crippen LogP) is 3.08. The molecule has 2 aliphatic rings. The zero-order valence-corrected chi connectivity index (χ0v) is 14.6. The molecule has 4 rings (SSSR count). The quantitative estimate of drug-likeness (QED) is 0.907. The number of rotatable bonds is 5. The van der Waals surface area contributed by atoms with Crippen LogP contribution in [0.4, 0.5) is 0 Å². The van der Waals surface area contributed by atoms with Crippen LogP contribution in [0.15, 0.2) is 43.0 Å². The maximum atomic E-state index is 9.43. The maximum absolute atomic E-state index is 9.43. The molecule has 25 heavy (non-hydrogen) atoms. The summed E-state index contributed by atoms with van der Waals surface area (Å²) in [5, 5.41) is 9.43. The van der Waals surface area contributed by atoms with Gasteiger partial charge in [0.1, 0.15) is 12.1 Å². The van der Waals surface area contributed by atoms with Gasteiger partial charge in [-0.15, -0.1) is 0 Å². The first-order chi connectivity index (χ1) is 12.2. The molecule has 1 N–H and O–H groups in total. The number of nitrogens with zero attached hydrogens (tertiary/aromatic N) is 3. The van der Waals surface area contributed by atoms with Crippen LogP contribution in [-0.4, -0.2) is 45.7 Å². The summed E-state index contributed by atoms with van der Waals surface area (Å²) in [5.74, 6) is 3.07. The summed E-state index contributed by atoms with van der Waals surface area (Å²) in [7, 11) is 0. The third-order valence-electron chi connectivity index (χ3n) is 5.62. The molecular formula is C20H25N3O2. The monoisotopic (exact) mass is 339 g/mol. The van der Waals surface area contributed by atoms with Crippen molar-refractivity contribution in [3.05, 3.63) is 48.5 Å². The summed E-state index contributed by atoms with van der Waals surface area (Å²) < 4.78 is 6.04. The van der Waals surface area contributed by atoms with Gasteiger partial charge in [0.05, 0.1) is 18.5 Å². The lowest BCUT2D eigenvalue weighted by Crippen LogP contribution is -2.28. The highest BCUT2D eigenvalue weighted by Gasteiger charge is 2.42. The average Bonchev–Trinajstić information content (AvgIpc) is 3.14. The number of likely N-dealkylation sites (tertiary alicyclic amines) is 1. The fourth-order valence-electron chi connectivity index (χ4n) is 4.42. The van der Waals surface area contributed by atoms with Gasteiger partial charge in [-0.1, -0.05) is 19.1 Å². The molecule has 1 aromatic carbocycles. The van der Waals surface area contributed by atoms with E-state index in [1.165, 1.54) is 11.9 Å². The molecule has 2 heterocycles. The van der Waals surface area contributed by atoms with Crippen LogP contribution in [0.5, 0.6) is 11.5 Å². The van der Waals surface area contributed by atoms with E-state index < -0.39 is 0 Å². The Kier molecular flexibility index (Phi) is 4.57. The largest absolute Gasteiger partial charge is 0.508 e. The minimum Gasteiger partial charge on any atom is -0.508 e. The van der Waals surface area contributed by atoms with Crippen molar-refractivity contribution in [1.82, 2.24) is 14.9 Å². The second kappa shape index (κ2) is 7.00. The summed E-state index contributed by atoms with van der Waals surface area (Å²) >= 11 is 0. The van der Waals surface area contributed by atoms with Crippen molar-refractivity contribution in [2.24, 2.45) is 11.8 Å². The Morgan fingerprint density at radius 2 is 1.76 bits per heavy atom. The number of phenols is 1. The third kappa shape index (κ3) is 3.76. The molecule has 0 radical (unpaired) electrons. The minimum absolute atomic E-state index is 0.303. The molecule has 1 aliphatic heterocycles. The molecule has 0 spiro atoms. The van der Waals surface area contributed by atoms with E-state index in [-0.39, 0.29) is 0 Å². The molecule has 0 bridgehead atoms. The van der Waals surface area contributed by atoms with Crippen LogP contribution in [-0.2, 0) is 0 Å². The zero-order valence-electron chi connectivity index (χ0n) is 14.6. The first-order valence-electron chi connectivity index (χ1n) is 9.10. The highest BCUT2D eigenvalue weighted by atomic mass is 16.5. The van der Waals surface area contributed by atoms with Gasteiger partial charge in [0.15, 0.2) is 5.75 Å². The van der Waals surface area contributed by atoms with E-state index in [2.05, 4.69) is 21.8 Å². The fourth-order valence-corrected chi connectivity index (χ4v) is 4.42. The third-order valence-corrected chi connectivity index (χ3v) is 5.62. The number of hydrogen-bond acceptors (Lipinski definition) is 5. The Morgan fingerprint density at radius 1 is 1.12 bits per heavy atom. The molecule has 1 aromatic heterocycles. The van der Waals surface area contributed by atoms with Gasteiger partial charge in [-0.3, -0.25) is 0 Å².